The monoisotopic (exact) mass is 228 g/mol. The molecule has 2 nitrogen and oxygen atoms in total. The van der Waals surface area contributed by atoms with E-state index in [4.69, 9.17) is 0 Å². The first-order valence-corrected chi connectivity index (χ1v) is 5.38. The zero-order valence-electron chi connectivity index (χ0n) is 10.1. The molecule has 1 N–H and O–H groups in total. The van der Waals surface area contributed by atoms with Crippen molar-refractivity contribution < 1.29 is 8.78 Å². The molecular weight excluding hydrogens is 210 g/mol. The molecule has 0 fully saturated rings. The molecule has 0 bridgehead atoms. The van der Waals surface area contributed by atoms with Gasteiger partial charge in [0, 0.05) is 25.8 Å². The van der Waals surface area contributed by atoms with Gasteiger partial charge in [0.05, 0.1) is 0 Å². The summed E-state index contributed by atoms with van der Waals surface area (Å²) in [6.07, 6.45) is 0.901. The van der Waals surface area contributed by atoms with Gasteiger partial charge >= 0.3 is 0 Å². The lowest BCUT2D eigenvalue weighted by Gasteiger charge is -2.18. The zero-order chi connectivity index (χ0) is 12.3. The SMILES string of the molecule is CCC(C)Nc1cc(F)c(N(C)C)c(F)c1. The summed E-state index contributed by atoms with van der Waals surface area (Å²) >= 11 is 0. The van der Waals surface area contributed by atoms with Crippen LogP contribution in [0.5, 0.6) is 0 Å². The highest BCUT2D eigenvalue weighted by molar-refractivity contribution is 5.57. The molecule has 0 aliphatic rings. The fourth-order valence-electron chi connectivity index (χ4n) is 1.46. The topological polar surface area (TPSA) is 15.3 Å². The van der Waals surface area contributed by atoms with E-state index in [9.17, 15) is 8.78 Å². The van der Waals surface area contributed by atoms with Gasteiger partial charge in [-0.3, -0.25) is 0 Å². The molecule has 0 radical (unpaired) electrons. The lowest BCUT2D eigenvalue weighted by molar-refractivity contribution is 0.582. The molecule has 0 aliphatic heterocycles. The van der Waals surface area contributed by atoms with E-state index in [1.54, 1.807) is 14.1 Å². The smallest absolute Gasteiger partial charge is 0.151 e. The van der Waals surface area contributed by atoms with Crippen LogP contribution >= 0.6 is 0 Å². The number of benzene rings is 1. The van der Waals surface area contributed by atoms with Crippen molar-refractivity contribution in [2.24, 2.45) is 0 Å². The van der Waals surface area contributed by atoms with Crippen LogP contribution in [0.3, 0.4) is 0 Å². The molecule has 4 heteroatoms. The van der Waals surface area contributed by atoms with Gasteiger partial charge in [-0.15, -0.1) is 0 Å². The predicted molar refractivity (Wildman–Crippen MR) is 64.1 cm³/mol. The molecule has 0 saturated carbocycles. The van der Waals surface area contributed by atoms with E-state index >= 15 is 0 Å². The van der Waals surface area contributed by atoms with Crippen LogP contribution in [0.25, 0.3) is 0 Å². The van der Waals surface area contributed by atoms with Gasteiger partial charge in [0.2, 0.25) is 0 Å². The Morgan fingerprint density at radius 3 is 2.12 bits per heavy atom. The van der Waals surface area contributed by atoms with Gasteiger partial charge in [0.25, 0.3) is 0 Å². The van der Waals surface area contributed by atoms with E-state index in [1.807, 2.05) is 13.8 Å². The van der Waals surface area contributed by atoms with Gasteiger partial charge in [-0.25, -0.2) is 8.78 Å². The van der Waals surface area contributed by atoms with Crippen LogP contribution in [0.4, 0.5) is 20.2 Å². The minimum Gasteiger partial charge on any atom is -0.382 e. The van der Waals surface area contributed by atoms with Crippen LogP contribution in [-0.2, 0) is 0 Å². The van der Waals surface area contributed by atoms with Crippen LogP contribution in [0, 0.1) is 11.6 Å². The molecule has 1 rings (SSSR count). The van der Waals surface area contributed by atoms with E-state index in [2.05, 4.69) is 5.32 Å². The van der Waals surface area contributed by atoms with Gasteiger partial charge in [-0.2, -0.15) is 0 Å². The molecule has 90 valence electrons. The highest BCUT2D eigenvalue weighted by Gasteiger charge is 2.13. The number of nitrogens with one attached hydrogen (secondary N) is 1. The first-order valence-electron chi connectivity index (χ1n) is 5.38. The molecule has 0 spiro atoms. The summed E-state index contributed by atoms with van der Waals surface area (Å²) in [7, 11) is 3.23. The highest BCUT2D eigenvalue weighted by Crippen LogP contribution is 2.25. The minimum atomic E-state index is -0.546. The third-order valence-corrected chi connectivity index (χ3v) is 2.49. The summed E-state index contributed by atoms with van der Waals surface area (Å²) in [5.41, 5.74) is 0.477. The summed E-state index contributed by atoms with van der Waals surface area (Å²) in [5, 5.41) is 3.04. The summed E-state index contributed by atoms with van der Waals surface area (Å²) < 4.78 is 27.2. The molecule has 0 saturated heterocycles. The Hall–Kier alpha value is -1.32. The number of nitrogens with zero attached hydrogens (tertiary/aromatic N) is 1. The highest BCUT2D eigenvalue weighted by atomic mass is 19.1. The van der Waals surface area contributed by atoms with Crippen molar-refractivity contribution in [3.05, 3.63) is 23.8 Å². The maximum atomic E-state index is 13.6. The Balaban J connectivity index is 3.00. The van der Waals surface area contributed by atoms with Gasteiger partial charge < -0.3 is 10.2 Å². The van der Waals surface area contributed by atoms with Crippen LogP contribution in [-0.4, -0.2) is 20.1 Å². The van der Waals surface area contributed by atoms with Crippen molar-refractivity contribution in [3.8, 4) is 0 Å². The second-order valence-electron chi connectivity index (χ2n) is 4.14. The maximum absolute atomic E-state index is 13.6. The van der Waals surface area contributed by atoms with Crippen molar-refractivity contribution >= 4 is 11.4 Å². The summed E-state index contributed by atoms with van der Waals surface area (Å²) in [6.45, 7) is 3.98. The van der Waals surface area contributed by atoms with Crippen LogP contribution in [0.15, 0.2) is 12.1 Å². The molecule has 1 atom stereocenters. The molecule has 1 unspecified atom stereocenters. The number of rotatable bonds is 4. The number of hydrogen-bond acceptors (Lipinski definition) is 2. The Bertz CT molecular complexity index is 341. The van der Waals surface area contributed by atoms with E-state index in [0.29, 0.717) is 5.69 Å². The number of hydrogen-bond donors (Lipinski definition) is 1. The van der Waals surface area contributed by atoms with Crippen molar-refractivity contribution in [2.75, 3.05) is 24.3 Å². The molecule has 0 heterocycles. The van der Waals surface area contributed by atoms with Gasteiger partial charge in [-0.1, -0.05) is 6.92 Å². The second kappa shape index (κ2) is 5.14. The predicted octanol–water partition coefficient (Wildman–Crippen LogP) is 3.24. The molecule has 0 aromatic heterocycles. The molecule has 1 aromatic rings. The average molecular weight is 228 g/mol. The lowest BCUT2D eigenvalue weighted by atomic mass is 10.2. The Labute approximate surface area is 95.3 Å². The van der Waals surface area contributed by atoms with Gasteiger partial charge in [-0.05, 0) is 25.5 Å². The quantitative estimate of drug-likeness (QED) is 0.851. The Morgan fingerprint density at radius 2 is 1.75 bits per heavy atom. The van der Waals surface area contributed by atoms with Crippen LogP contribution in [0.1, 0.15) is 20.3 Å². The van der Waals surface area contributed by atoms with Crippen molar-refractivity contribution in [3.63, 3.8) is 0 Å². The molecule has 0 aliphatic carbocycles. The maximum Gasteiger partial charge on any atom is 0.151 e. The fourth-order valence-corrected chi connectivity index (χ4v) is 1.46. The van der Waals surface area contributed by atoms with Gasteiger partial charge in [0.1, 0.15) is 5.69 Å². The van der Waals surface area contributed by atoms with Gasteiger partial charge in [0.15, 0.2) is 11.6 Å². The zero-order valence-corrected chi connectivity index (χ0v) is 10.1. The van der Waals surface area contributed by atoms with Crippen molar-refractivity contribution in [2.45, 2.75) is 26.3 Å². The average Bonchev–Trinajstić information content (AvgIpc) is 2.15. The van der Waals surface area contributed by atoms with Crippen molar-refractivity contribution in [1.82, 2.24) is 0 Å². The molecule has 16 heavy (non-hydrogen) atoms. The molecular formula is C12H18F2N2. The lowest BCUT2D eigenvalue weighted by Crippen LogP contribution is -2.16. The molecule has 1 aromatic carbocycles. The first kappa shape index (κ1) is 12.7. The largest absolute Gasteiger partial charge is 0.382 e. The van der Waals surface area contributed by atoms with Crippen LogP contribution < -0.4 is 10.2 Å². The summed E-state index contributed by atoms with van der Waals surface area (Å²) in [6, 6.07) is 2.85. The van der Waals surface area contributed by atoms with Crippen LogP contribution in [0.2, 0.25) is 0 Å². The second-order valence-corrected chi connectivity index (χ2v) is 4.14. The van der Waals surface area contributed by atoms with Crippen molar-refractivity contribution in [1.29, 1.82) is 0 Å². The summed E-state index contributed by atoms with van der Waals surface area (Å²) in [5.74, 6) is -1.09. The van der Waals surface area contributed by atoms with E-state index in [0.717, 1.165) is 6.42 Å². The third-order valence-electron chi connectivity index (χ3n) is 2.49. The standard InChI is InChI=1S/C12H18F2N2/c1-5-8(2)15-9-6-10(13)12(16(3)4)11(14)7-9/h6-8,15H,5H2,1-4H3. The molecule has 0 amide bonds. The van der Waals surface area contributed by atoms with E-state index in [-0.39, 0.29) is 11.7 Å². The third kappa shape index (κ3) is 2.84. The number of halogens is 2. The van der Waals surface area contributed by atoms with E-state index < -0.39 is 11.6 Å². The number of anilines is 2. The Morgan fingerprint density at radius 1 is 1.25 bits per heavy atom. The fraction of sp³-hybridized carbons (Fsp3) is 0.500. The Kier molecular flexibility index (Phi) is 4.10. The normalized spacial score (nSPS) is 12.4. The summed E-state index contributed by atoms with van der Waals surface area (Å²) in [4.78, 5) is 1.43. The van der Waals surface area contributed by atoms with E-state index in [1.165, 1.54) is 17.0 Å². The first-order chi connectivity index (χ1) is 7.45. The minimum absolute atomic E-state index is 0.00491.